The highest BCUT2D eigenvalue weighted by Crippen LogP contribution is 2.42. The average Bonchev–Trinajstić information content (AvgIpc) is 2.92. The summed E-state index contributed by atoms with van der Waals surface area (Å²) in [5.41, 5.74) is 3.79. The number of halogens is 1. The van der Waals surface area contributed by atoms with Crippen LogP contribution in [0.3, 0.4) is 0 Å². The van der Waals surface area contributed by atoms with Crippen molar-refractivity contribution >= 4 is 23.5 Å². The normalized spacial score (nSPS) is 16.4. The van der Waals surface area contributed by atoms with Crippen molar-refractivity contribution in [1.82, 2.24) is 10.2 Å². The van der Waals surface area contributed by atoms with E-state index in [2.05, 4.69) is 15.5 Å². The molecular weight excluding hydrogens is 365 g/mol. The van der Waals surface area contributed by atoms with Crippen LogP contribution in [0.1, 0.15) is 27.6 Å². The van der Waals surface area contributed by atoms with Crippen LogP contribution in [0.4, 0.5) is 10.2 Å². The summed E-state index contributed by atoms with van der Waals surface area (Å²) in [6.45, 7) is 2.26. The van der Waals surface area contributed by atoms with Gasteiger partial charge in [-0.25, -0.2) is 4.39 Å². The minimum absolute atomic E-state index is 0.00923. The molecule has 2 aromatic carbocycles. The van der Waals surface area contributed by atoms with Crippen LogP contribution in [0.5, 0.6) is 5.75 Å². The molecule has 0 bridgehead atoms. The van der Waals surface area contributed by atoms with E-state index in [-0.39, 0.29) is 17.0 Å². The number of amides is 1. The fourth-order valence-electron chi connectivity index (χ4n) is 3.06. The van der Waals surface area contributed by atoms with E-state index < -0.39 is 0 Å². The Kier molecular flexibility index (Phi) is 4.85. The van der Waals surface area contributed by atoms with Crippen molar-refractivity contribution in [2.75, 3.05) is 11.1 Å². The second-order valence-corrected chi connectivity index (χ2v) is 7.43. The number of benzene rings is 2. The second kappa shape index (κ2) is 7.44. The van der Waals surface area contributed by atoms with E-state index in [9.17, 15) is 9.18 Å². The van der Waals surface area contributed by atoms with Crippen molar-refractivity contribution in [2.45, 2.75) is 18.8 Å². The maximum Gasteiger partial charge on any atom is 0.235 e. The van der Waals surface area contributed by atoms with E-state index >= 15 is 0 Å². The van der Waals surface area contributed by atoms with Crippen molar-refractivity contribution < 1.29 is 13.9 Å². The third kappa shape index (κ3) is 3.83. The standard InChI is InChI=1S/C20H18FN3O2S/c1-12-18-19(27-11-17(25)22-20(18)24-23-12)14-5-7-16(8-6-14)26-10-13-3-2-4-15(21)9-13/h2-9,19H,10-11H2,1H3,(H2,22,23,24,25). The number of nitrogens with zero attached hydrogens (tertiary/aromatic N) is 1. The van der Waals surface area contributed by atoms with Gasteiger partial charge in [0.2, 0.25) is 5.91 Å². The molecule has 0 radical (unpaired) electrons. The van der Waals surface area contributed by atoms with Gasteiger partial charge in [0.15, 0.2) is 5.82 Å². The number of hydrogen-bond acceptors (Lipinski definition) is 4. The van der Waals surface area contributed by atoms with Crippen LogP contribution in [0, 0.1) is 12.7 Å². The number of nitrogens with one attached hydrogen (secondary N) is 2. The molecule has 1 atom stereocenters. The van der Waals surface area contributed by atoms with Gasteiger partial charge < -0.3 is 10.1 Å². The van der Waals surface area contributed by atoms with E-state index in [0.717, 1.165) is 22.4 Å². The predicted molar refractivity (Wildman–Crippen MR) is 103 cm³/mol. The summed E-state index contributed by atoms with van der Waals surface area (Å²) in [5.74, 6) is 1.36. The smallest absolute Gasteiger partial charge is 0.235 e. The number of aromatic nitrogens is 2. The number of thioether (sulfide) groups is 1. The van der Waals surface area contributed by atoms with Gasteiger partial charge in [0.25, 0.3) is 0 Å². The van der Waals surface area contributed by atoms with Crippen LogP contribution in [-0.4, -0.2) is 21.9 Å². The first-order chi connectivity index (χ1) is 13.1. The van der Waals surface area contributed by atoms with Gasteiger partial charge in [-0.05, 0) is 42.3 Å². The van der Waals surface area contributed by atoms with Crippen LogP contribution < -0.4 is 10.1 Å². The lowest BCUT2D eigenvalue weighted by molar-refractivity contribution is -0.113. The molecule has 0 saturated carbocycles. The molecule has 2 heterocycles. The van der Waals surface area contributed by atoms with E-state index in [1.807, 2.05) is 37.3 Å². The van der Waals surface area contributed by atoms with Crippen LogP contribution in [0.15, 0.2) is 48.5 Å². The Morgan fingerprint density at radius 3 is 2.85 bits per heavy atom. The Bertz CT molecular complexity index is 972. The first-order valence-corrected chi connectivity index (χ1v) is 9.58. The number of ether oxygens (including phenoxy) is 1. The highest BCUT2D eigenvalue weighted by Gasteiger charge is 2.28. The van der Waals surface area contributed by atoms with Crippen molar-refractivity contribution in [3.63, 3.8) is 0 Å². The third-order valence-corrected chi connectivity index (χ3v) is 5.64. The lowest BCUT2D eigenvalue weighted by Gasteiger charge is -2.16. The van der Waals surface area contributed by atoms with Crippen molar-refractivity contribution in [2.24, 2.45) is 0 Å². The molecular formula is C20H18FN3O2S. The molecule has 1 aliphatic heterocycles. The molecule has 0 aliphatic carbocycles. The zero-order valence-electron chi connectivity index (χ0n) is 14.7. The SMILES string of the molecule is Cc1[nH]nc2c1C(c1ccc(OCc3cccc(F)c3)cc1)SCC(=O)N2. The third-order valence-electron chi connectivity index (χ3n) is 4.37. The molecule has 1 amide bonds. The summed E-state index contributed by atoms with van der Waals surface area (Å²) in [5, 5.41) is 10.0. The van der Waals surface area contributed by atoms with Gasteiger partial charge >= 0.3 is 0 Å². The Balaban J connectivity index is 1.52. The Morgan fingerprint density at radius 2 is 2.07 bits per heavy atom. The Morgan fingerprint density at radius 1 is 1.26 bits per heavy atom. The maximum absolute atomic E-state index is 13.2. The summed E-state index contributed by atoms with van der Waals surface area (Å²) < 4.78 is 19.0. The van der Waals surface area contributed by atoms with E-state index in [0.29, 0.717) is 23.9 Å². The first kappa shape index (κ1) is 17.6. The van der Waals surface area contributed by atoms with Gasteiger partial charge in [-0.15, -0.1) is 11.8 Å². The molecule has 0 fully saturated rings. The molecule has 4 rings (SSSR count). The summed E-state index contributed by atoms with van der Waals surface area (Å²) >= 11 is 1.57. The van der Waals surface area contributed by atoms with E-state index in [4.69, 9.17) is 4.74 Å². The summed E-state index contributed by atoms with van der Waals surface area (Å²) in [6.07, 6.45) is 0. The van der Waals surface area contributed by atoms with E-state index in [1.165, 1.54) is 12.1 Å². The van der Waals surface area contributed by atoms with Gasteiger partial charge in [-0.2, -0.15) is 5.10 Å². The quantitative estimate of drug-likeness (QED) is 0.708. The average molecular weight is 383 g/mol. The van der Waals surface area contributed by atoms with Gasteiger partial charge in [-0.3, -0.25) is 9.89 Å². The molecule has 5 nitrogen and oxygen atoms in total. The Labute approximate surface area is 160 Å². The largest absolute Gasteiger partial charge is 0.489 e. The number of anilines is 1. The second-order valence-electron chi connectivity index (χ2n) is 6.34. The zero-order chi connectivity index (χ0) is 18.8. The predicted octanol–water partition coefficient (Wildman–Crippen LogP) is 4.21. The van der Waals surface area contributed by atoms with Crippen LogP contribution >= 0.6 is 11.8 Å². The summed E-state index contributed by atoms with van der Waals surface area (Å²) in [4.78, 5) is 11.9. The molecule has 1 unspecified atom stereocenters. The number of rotatable bonds is 4. The number of carbonyl (C=O) groups excluding carboxylic acids is 1. The van der Waals surface area contributed by atoms with Crippen molar-refractivity contribution in [3.8, 4) is 5.75 Å². The maximum atomic E-state index is 13.2. The van der Waals surface area contributed by atoms with Crippen molar-refractivity contribution in [3.05, 3.63) is 76.7 Å². The minimum atomic E-state index is -0.272. The van der Waals surface area contributed by atoms with Gasteiger partial charge in [0, 0.05) is 11.3 Å². The van der Waals surface area contributed by atoms with Crippen LogP contribution in [0.25, 0.3) is 0 Å². The highest BCUT2D eigenvalue weighted by molar-refractivity contribution is 8.00. The fraction of sp³-hybridized carbons (Fsp3) is 0.200. The number of fused-ring (bicyclic) bond motifs is 1. The Hall–Kier alpha value is -2.80. The van der Waals surface area contributed by atoms with E-state index in [1.54, 1.807) is 17.8 Å². The molecule has 138 valence electrons. The molecule has 1 aromatic heterocycles. The molecule has 0 saturated heterocycles. The molecule has 2 N–H and O–H groups in total. The zero-order valence-corrected chi connectivity index (χ0v) is 15.5. The fourth-order valence-corrected chi connectivity index (χ4v) is 4.25. The van der Waals surface area contributed by atoms with Gasteiger partial charge in [0.1, 0.15) is 18.2 Å². The minimum Gasteiger partial charge on any atom is -0.489 e. The topological polar surface area (TPSA) is 67.0 Å². The first-order valence-electron chi connectivity index (χ1n) is 8.53. The highest BCUT2D eigenvalue weighted by atomic mass is 32.2. The van der Waals surface area contributed by atoms with Crippen LogP contribution in [0.2, 0.25) is 0 Å². The summed E-state index contributed by atoms with van der Waals surface area (Å²) in [7, 11) is 0. The van der Waals surface area contributed by atoms with Gasteiger partial charge in [-0.1, -0.05) is 24.3 Å². The lowest BCUT2D eigenvalue weighted by atomic mass is 10.0. The number of H-pyrrole nitrogens is 1. The number of aryl methyl sites for hydroxylation is 1. The number of hydrogen-bond donors (Lipinski definition) is 2. The molecule has 1 aliphatic rings. The molecule has 7 heteroatoms. The number of carbonyl (C=O) groups is 1. The van der Waals surface area contributed by atoms with Crippen molar-refractivity contribution in [1.29, 1.82) is 0 Å². The number of aromatic amines is 1. The molecule has 27 heavy (non-hydrogen) atoms. The monoisotopic (exact) mass is 383 g/mol. The molecule has 3 aromatic rings. The molecule has 0 spiro atoms. The summed E-state index contributed by atoms with van der Waals surface area (Å²) in [6, 6.07) is 14.1. The van der Waals surface area contributed by atoms with Gasteiger partial charge in [0.05, 0.1) is 11.0 Å². The van der Waals surface area contributed by atoms with Crippen LogP contribution in [-0.2, 0) is 11.4 Å². The lowest BCUT2D eigenvalue weighted by Crippen LogP contribution is -2.12.